The van der Waals surface area contributed by atoms with E-state index >= 15 is 0 Å². The lowest BCUT2D eigenvalue weighted by atomic mass is 10.3. The second-order valence-electron chi connectivity index (χ2n) is 4.77. The molecule has 0 atom stereocenters. The molecule has 0 saturated carbocycles. The lowest BCUT2D eigenvalue weighted by molar-refractivity contribution is 0.0694. The van der Waals surface area contributed by atoms with E-state index in [9.17, 15) is 9.59 Å². The van der Waals surface area contributed by atoms with Crippen LogP contribution in [0.25, 0.3) is 11.3 Å². The minimum atomic E-state index is -1.30. The summed E-state index contributed by atoms with van der Waals surface area (Å²) in [5.74, 6) is -0.610. The van der Waals surface area contributed by atoms with Gasteiger partial charge in [-0.25, -0.2) is 9.78 Å². The molecule has 0 bridgehead atoms. The fourth-order valence-corrected chi connectivity index (χ4v) is 2.29. The molecule has 1 aromatic carbocycles. The Labute approximate surface area is 125 Å². The van der Waals surface area contributed by atoms with Crippen LogP contribution in [-0.2, 0) is 0 Å². The molecule has 2 heterocycles. The van der Waals surface area contributed by atoms with E-state index in [1.807, 2.05) is 6.92 Å². The number of benzene rings is 1. The van der Waals surface area contributed by atoms with Crippen molar-refractivity contribution >= 4 is 11.6 Å². The quantitative estimate of drug-likeness (QED) is 0.792. The number of carboxylic acids is 1. The smallest absolute Gasteiger partial charge is 0.343 e. The van der Waals surface area contributed by atoms with Crippen LogP contribution in [0.4, 0.5) is 0 Å². The highest BCUT2D eigenvalue weighted by Gasteiger charge is 2.16. The number of carboxylic acid groups (broad SMARTS) is 1. The lowest BCUT2D eigenvalue weighted by Gasteiger charge is -2.07. The molecule has 0 unspecified atom stereocenters. The van der Waals surface area contributed by atoms with Gasteiger partial charge in [-0.2, -0.15) is 4.52 Å². The molecule has 2 aromatic heterocycles. The van der Waals surface area contributed by atoms with Crippen molar-refractivity contribution in [2.75, 3.05) is 7.11 Å². The number of aryl methyl sites for hydroxylation is 1. The minimum absolute atomic E-state index is 0.370. The van der Waals surface area contributed by atoms with Gasteiger partial charge in [0, 0.05) is 18.0 Å². The largest absolute Gasteiger partial charge is 0.497 e. The van der Waals surface area contributed by atoms with Crippen LogP contribution in [0.1, 0.15) is 15.9 Å². The first-order valence-electron chi connectivity index (χ1n) is 6.50. The second-order valence-corrected chi connectivity index (χ2v) is 4.77. The number of aromatic carboxylic acids is 1. The Balaban J connectivity index is 2.31. The van der Waals surface area contributed by atoms with E-state index in [-0.39, 0.29) is 5.56 Å². The summed E-state index contributed by atoms with van der Waals surface area (Å²) in [7, 11) is 1.57. The van der Waals surface area contributed by atoms with Gasteiger partial charge in [0.2, 0.25) is 0 Å². The van der Waals surface area contributed by atoms with E-state index in [1.54, 1.807) is 42.3 Å². The molecule has 7 heteroatoms. The summed E-state index contributed by atoms with van der Waals surface area (Å²) in [6, 6.07) is 7.07. The highest BCUT2D eigenvalue weighted by atomic mass is 16.5. The molecule has 0 fully saturated rings. The van der Waals surface area contributed by atoms with Gasteiger partial charge in [0.15, 0.2) is 5.65 Å². The van der Waals surface area contributed by atoms with E-state index < -0.39 is 11.5 Å². The first-order valence-corrected chi connectivity index (χ1v) is 6.50. The Hall–Kier alpha value is -3.09. The van der Waals surface area contributed by atoms with Crippen molar-refractivity contribution < 1.29 is 14.6 Å². The number of hydrogen-bond donors (Lipinski definition) is 1. The van der Waals surface area contributed by atoms with E-state index in [2.05, 4.69) is 4.98 Å². The number of fused-ring (bicyclic) bond motifs is 1. The molecule has 3 rings (SSSR count). The molecule has 0 saturated heterocycles. The van der Waals surface area contributed by atoms with Gasteiger partial charge in [0.05, 0.1) is 12.8 Å². The second kappa shape index (κ2) is 5.03. The Kier molecular flexibility index (Phi) is 3.17. The summed E-state index contributed by atoms with van der Waals surface area (Å²) in [4.78, 5) is 27.6. The third kappa shape index (κ3) is 2.03. The van der Waals surface area contributed by atoms with Gasteiger partial charge < -0.3 is 9.84 Å². The standard InChI is InChI=1S/C15H13N3O4/c1-9-8-17(10-3-5-11(22-2)6-4-10)18-13(9)16-7-12(14(18)19)15(20)21/h3-8H,1-2H3,(H,20,21). The third-order valence-electron chi connectivity index (χ3n) is 3.39. The lowest BCUT2D eigenvalue weighted by Crippen LogP contribution is -2.26. The molecule has 0 aliphatic heterocycles. The maximum Gasteiger partial charge on any atom is 0.343 e. The Morgan fingerprint density at radius 2 is 1.95 bits per heavy atom. The SMILES string of the molecule is COc1ccc(-n2cc(C)c3ncc(C(=O)O)c(=O)n32)cc1. The molecule has 0 spiro atoms. The highest BCUT2D eigenvalue weighted by Crippen LogP contribution is 2.17. The fourth-order valence-electron chi connectivity index (χ4n) is 2.29. The topological polar surface area (TPSA) is 85.8 Å². The van der Waals surface area contributed by atoms with Gasteiger partial charge in [0.1, 0.15) is 11.3 Å². The molecular formula is C15H13N3O4. The van der Waals surface area contributed by atoms with Crippen LogP contribution in [0.5, 0.6) is 5.75 Å². The predicted molar refractivity (Wildman–Crippen MR) is 79.0 cm³/mol. The maximum atomic E-state index is 12.4. The van der Waals surface area contributed by atoms with Gasteiger partial charge in [-0.3, -0.25) is 9.48 Å². The molecule has 1 N–H and O–H groups in total. The Morgan fingerprint density at radius 1 is 1.27 bits per heavy atom. The van der Waals surface area contributed by atoms with Crippen molar-refractivity contribution in [3.05, 3.63) is 58.1 Å². The van der Waals surface area contributed by atoms with Crippen molar-refractivity contribution in [2.45, 2.75) is 6.92 Å². The zero-order valence-corrected chi connectivity index (χ0v) is 12.0. The van der Waals surface area contributed by atoms with Gasteiger partial charge in [-0.15, -0.1) is 0 Å². The zero-order valence-electron chi connectivity index (χ0n) is 12.0. The molecule has 7 nitrogen and oxygen atoms in total. The fraction of sp³-hybridized carbons (Fsp3) is 0.133. The van der Waals surface area contributed by atoms with E-state index in [0.717, 1.165) is 11.8 Å². The monoisotopic (exact) mass is 299 g/mol. The molecule has 112 valence electrons. The van der Waals surface area contributed by atoms with E-state index in [4.69, 9.17) is 9.84 Å². The molecule has 0 amide bonds. The maximum absolute atomic E-state index is 12.4. The summed E-state index contributed by atoms with van der Waals surface area (Å²) >= 11 is 0. The number of ether oxygens (including phenoxy) is 1. The average Bonchev–Trinajstić information content (AvgIpc) is 2.85. The summed E-state index contributed by atoms with van der Waals surface area (Å²) in [5, 5.41) is 9.08. The minimum Gasteiger partial charge on any atom is -0.497 e. The molecular weight excluding hydrogens is 286 g/mol. The van der Waals surface area contributed by atoms with Crippen LogP contribution < -0.4 is 10.3 Å². The first kappa shape index (κ1) is 13.9. The van der Waals surface area contributed by atoms with Crippen molar-refractivity contribution in [1.82, 2.24) is 14.2 Å². The van der Waals surface area contributed by atoms with Crippen LogP contribution in [-0.4, -0.2) is 32.4 Å². The Bertz CT molecular complexity index is 922. The van der Waals surface area contributed by atoms with E-state index in [0.29, 0.717) is 17.1 Å². The van der Waals surface area contributed by atoms with Gasteiger partial charge in [-0.05, 0) is 31.2 Å². The normalized spacial score (nSPS) is 10.8. The number of nitrogens with zero attached hydrogens (tertiary/aromatic N) is 3. The van der Waals surface area contributed by atoms with Crippen molar-refractivity contribution in [3.8, 4) is 11.4 Å². The van der Waals surface area contributed by atoms with Gasteiger partial charge in [-0.1, -0.05) is 0 Å². The first-order chi connectivity index (χ1) is 10.5. The predicted octanol–water partition coefficient (Wildman–Crippen LogP) is 1.50. The molecule has 22 heavy (non-hydrogen) atoms. The highest BCUT2D eigenvalue weighted by molar-refractivity contribution is 5.87. The number of hydrogen-bond acceptors (Lipinski definition) is 4. The molecule has 3 aromatic rings. The summed E-state index contributed by atoms with van der Waals surface area (Å²) in [6.07, 6.45) is 2.82. The molecule has 0 aliphatic carbocycles. The summed E-state index contributed by atoms with van der Waals surface area (Å²) in [6.45, 7) is 1.81. The van der Waals surface area contributed by atoms with Gasteiger partial charge in [0.25, 0.3) is 5.56 Å². The molecule has 0 radical (unpaired) electrons. The van der Waals surface area contributed by atoms with Crippen LogP contribution in [0, 0.1) is 6.92 Å². The van der Waals surface area contributed by atoms with Crippen LogP contribution in [0.3, 0.4) is 0 Å². The van der Waals surface area contributed by atoms with Crippen molar-refractivity contribution in [3.63, 3.8) is 0 Å². The number of rotatable bonds is 3. The van der Waals surface area contributed by atoms with Crippen molar-refractivity contribution in [2.24, 2.45) is 0 Å². The van der Waals surface area contributed by atoms with Crippen molar-refractivity contribution in [1.29, 1.82) is 0 Å². The van der Waals surface area contributed by atoms with Crippen LogP contribution in [0.15, 0.2) is 41.5 Å². The van der Waals surface area contributed by atoms with Gasteiger partial charge >= 0.3 is 5.97 Å². The average molecular weight is 299 g/mol. The zero-order chi connectivity index (χ0) is 15.9. The number of carbonyl (C=O) groups is 1. The molecule has 0 aliphatic rings. The Morgan fingerprint density at radius 3 is 2.55 bits per heavy atom. The number of aromatic nitrogens is 3. The van der Waals surface area contributed by atoms with E-state index in [1.165, 1.54) is 4.52 Å². The van der Waals surface area contributed by atoms with Crippen LogP contribution >= 0.6 is 0 Å². The summed E-state index contributed by atoms with van der Waals surface area (Å²) < 4.78 is 7.93. The number of methoxy groups -OCH3 is 1. The summed E-state index contributed by atoms with van der Waals surface area (Å²) in [5.41, 5.74) is 0.896. The van der Waals surface area contributed by atoms with Crippen LogP contribution in [0.2, 0.25) is 0 Å². The third-order valence-corrected chi connectivity index (χ3v) is 3.39.